The minimum atomic E-state index is -0.0353. The first-order valence-corrected chi connectivity index (χ1v) is 5.96. The molecule has 0 saturated carbocycles. The topological polar surface area (TPSA) is 20.3 Å². The number of benzene rings is 1. The number of halogens is 1. The van der Waals surface area contributed by atoms with Crippen molar-refractivity contribution in [3.63, 3.8) is 0 Å². The molecule has 1 saturated heterocycles. The van der Waals surface area contributed by atoms with Crippen molar-refractivity contribution in [1.29, 1.82) is 0 Å². The van der Waals surface area contributed by atoms with Gasteiger partial charge in [-0.05, 0) is 37.7 Å². The quantitative estimate of drug-likeness (QED) is 0.780. The number of nitrogens with zero attached hydrogens (tertiary/aromatic N) is 1. The zero-order chi connectivity index (χ0) is 10.8. The molecule has 0 radical (unpaired) electrons. The Morgan fingerprint density at radius 3 is 2.60 bits per heavy atom. The molecule has 2 rings (SSSR count). The van der Waals surface area contributed by atoms with Gasteiger partial charge in [-0.2, -0.15) is 0 Å². The summed E-state index contributed by atoms with van der Waals surface area (Å²) in [6, 6.07) is 7.99. The molecule has 0 amide bonds. The van der Waals surface area contributed by atoms with Crippen LogP contribution in [0.3, 0.4) is 0 Å². The van der Waals surface area contributed by atoms with Crippen molar-refractivity contribution in [3.8, 4) is 0 Å². The van der Waals surface area contributed by atoms with Crippen molar-refractivity contribution in [2.24, 2.45) is 0 Å². The largest absolute Gasteiger partial charge is 0.298 e. The summed E-state index contributed by atoms with van der Waals surface area (Å²) in [6.45, 7) is 1.01. The van der Waals surface area contributed by atoms with Crippen molar-refractivity contribution < 1.29 is 4.79 Å². The van der Waals surface area contributed by atoms with Crippen LogP contribution in [0.1, 0.15) is 24.4 Å². The summed E-state index contributed by atoms with van der Waals surface area (Å²) in [5, 5.41) is 0. The molecule has 0 bridgehead atoms. The van der Waals surface area contributed by atoms with Crippen LogP contribution in [0.2, 0.25) is 0 Å². The van der Waals surface area contributed by atoms with E-state index < -0.39 is 0 Å². The Hall–Kier alpha value is -0.670. The first-order chi connectivity index (χ1) is 7.18. The van der Waals surface area contributed by atoms with Gasteiger partial charge in [-0.25, -0.2) is 0 Å². The number of rotatable bonds is 1. The molecule has 0 spiro atoms. The third kappa shape index (κ3) is 2.29. The number of piperidine rings is 1. The van der Waals surface area contributed by atoms with E-state index in [-0.39, 0.29) is 6.04 Å². The molecular weight excluding hydrogens is 254 g/mol. The number of likely N-dealkylation sites (N-methyl/N-ethyl adjacent to an activating group) is 1. The van der Waals surface area contributed by atoms with Gasteiger partial charge in [0.2, 0.25) is 0 Å². The van der Waals surface area contributed by atoms with Crippen LogP contribution in [0.4, 0.5) is 0 Å². The molecule has 15 heavy (non-hydrogen) atoms. The van der Waals surface area contributed by atoms with E-state index in [0.717, 1.165) is 23.0 Å². The third-order valence-corrected chi connectivity index (χ3v) is 3.39. The first-order valence-electron chi connectivity index (χ1n) is 5.17. The van der Waals surface area contributed by atoms with Crippen molar-refractivity contribution in [2.45, 2.75) is 18.9 Å². The number of carbonyl (C=O) groups is 1. The second-order valence-electron chi connectivity index (χ2n) is 4.00. The summed E-state index contributed by atoms with van der Waals surface area (Å²) in [7, 11) is 2.02. The van der Waals surface area contributed by atoms with Gasteiger partial charge in [0.05, 0.1) is 6.04 Å². The SMILES string of the molecule is CN1CCCC(=O)C1c1ccc(Br)cc1. The molecular formula is C12H14BrNO. The van der Waals surface area contributed by atoms with Crippen LogP contribution < -0.4 is 0 Å². The number of hydrogen-bond donors (Lipinski definition) is 0. The highest BCUT2D eigenvalue weighted by Gasteiger charge is 2.27. The number of ketones is 1. The fraction of sp³-hybridized carbons (Fsp3) is 0.417. The highest BCUT2D eigenvalue weighted by Crippen LogP contribution is 2.27. The molecule has 1 aliphatic heterocycles. The lowest BCUT2D eigenvalue weighted by molar-refractivity contribution is -0.126. The fourth-order valence-electron chi connectivity index (χ4n) is 2.10. The van der Waals surface area contributed by atoms with Crippen molar-refractivity contribution in [1.82, 2.24) is 4.90 Å². The molecule has 1 fully saturated rings. The van der Waals surface area contributed by atoms with E-state index in [9.17, 15) is 4.79 Å². The van der Waals surface area contributed by atoms with Gasteiger partial charge in [-0.1, -0.05) is 28.1 Å². The summed E-state index contributed by atoms with van der Waals surface area (Å²) in [5.74, 6) is 0.339. The maximum atomic E-state index is 11.8. The molecule has 1 unspecified atom stereocenters. The molecule has 3 heteroatoms. The van der Waals surface area contributed by atoms with Gasteiger partial charge in [0, 0.05) is 10.9 Å². The van der Waals surface area contributed by atoms with Crippen molar-refractivity contribution in [3.05, 3.63) is 34.3 Å². The second kappa shape index (κ2) is 4.45. The highest BCUT2D eigenvalue weighted by molar-refractivity contribution is 9.10. The Kier molecular flexibility index (Phi) is 3.22. The van der Waals surface area contributed by atoms with E-state index in [1.54, 1.807) is 0 Å². The van der Waals surface area contributed by atoms with Crippen LogP contribution >= 0.6 is 15.9 Å². The van der Waals surface area contributed by atoms with Crippen LogP contribution in [0.15, 0.2) is 28.7 Å². The Labute approximate surface area is 98.4 Å². The maximum absolute atomic E-state index is 11.8. The molecule has 1 aromatic rings. The van der Waals surface area contributed by atoms with E-state index >= 15 is 0 Å². The van der Waals surface area contributed by atoms with Crippen LogP contribution in [0.5, 0.6) is 0 Å². The van der Waals surface area contributed by atoms with Gasteiger partial charge >= 0.3 is 0 Å². The number of Topliss-reactive ketones (excluding diaryl/α,β-unsaturated/α-hetero) is 1. The molecule has 1 heterocycles. The van der Waals surface area contributed by atoms with Crippen LogP contribution in [0, 0.1) is 0 Å². The summed E-state index contributed by atoms with van der Waals surface area (Å²) in [5.41, 5.74) is 1.10. The monoisotopic (exact) mass is 267 g/mol. The van der Waals surface area contributed by atoms with Gasteiger partial charge in [0.1, 0.15) is 0 Å². The van der Waals surface area contributed by atoms with Gasteiger partial charge in [-0.3, -0.25) is 9.69 Å². The Balaban J connectivity index is 2.27. The Morgan fingerprint density at radius 2 is 2.00 bits per heavy atom. The van der Waals surface area contributed by atoms with Crippen LogP contribution in [-0.2, 0) is 4.79 Å². The zero-order valence-electron chi connectivity index (χ0n) is 8.74. The van der Waals surface area contributed by atoms with Crippen LogP contribution in [-0.4, -0.2) is 24.3 Å². The smallest absolute Gasteiger partial charge is 0.154 e. The van der Waals surface area contributed by atoms with Gasteiger partial charge < -0.3 is 0 Å². The lowest BCUT2D eigenvalue weighted by Gasteiger charge is -2.31. The van der Waals surface area contributed by atoms with Gasteiger partial charge in [-0.15, -0.1) is 0 Å². The van der Waals surface area contributed by atoms with Crippen LogP contribution in [0.25, 0.3) is 0 Å². The summed E-state index contributed by atoms with van der Waals surface area (Å²) in [4.78, 5) is 14.0. The molecule has 2 nitrogen and oxygen atoms in total. The molecule has 80 valence electrons. The van der Waals surface area contributed by atoms with E-state index in [4.69, 9.17) is 0 Å². The Bertz CT molecular complexity index is 360. The van der Waals surface area contributed by atoms with E-state index in [1.165, 1.54) is 0 Å². The predicted molar refractivity (Wildman–Crippen MR) is 63.8 cm³/mol. The average molecular weight is 268 g/mol. The number of hydrogen-bond acceptors (Lipinski definition) is 2. The fourth-order valence-corrected chi connectivity index (χ4v) is 2.36. The van der Waals surface area contributed by atoms with Crippen molar-refractivity contribution in [2.75, 3.05) is 13.6 Å². The van der Waals surface area contributed by atoms with Gasteiger partial charge in [0.15, 0.2) is 5.78 Å². The molecule has 0 aliphatic carbocycles. The molecule has 0 N–H and O–H groups in total. The lowest BCUT2D eigenvalue weighted by atomic mass is 9.95. The van der Waals surface area contributed by atoms with E-state index in [0.29, 0.717) is 12.2 Å². The summed E-state index contributed by atoms with van der Waals surface area (Å²) < 4.78 is 1.05. The molecule has 0 aromatic heterocycles. The second-order valence-corrected chi connectivity index (χ2v) is 4.92. The van der Waals surface area contributed by atoms with E-state index in [1.807, 2.05) is 31.3 Å². The minimum Gasteiger partial charge on any atom is -0.298 e. The highest BCUT2D eigenvalue weighted by atomic mass is 79.9. The molecule has 1 aliphatic rings. The standard InChI is InChI=1S/C12H14BrNO/c1-14-8-2-3-11(15)12(14)9-4-6-10(13)7-5-9/h4-7,12H,2-3,8H2,1H3. The van der Waals surface area contributed by atoms with Crippen molar-refractivity contribution >= 4 is 21.7 Å². The molecule has 1 atom stereocenters. The maximum Gasteiger partial charge on any atom is 0.154 e. The predicted octanol–water partition coefficient (Wildman–Crippen LogP) is 2.78. The first kappa shape index (κ1) is 10.8. The number of carbonyl (C=O) groups excluding carboxylic acids is 1. The Morgan fingerprint density at radius 1 is 1.33 bits per heavy atom. The van der Waals surface area contributed by atoms with E-state index in [2.05, 4.69) is 20.8 Å². The number of likely N-dealkylation sites (tertiary alicyclic amines) is 1. The zero-order valence-corrected chi connectivity index (χ0v) is 10.3. The minimum absolute atomic E-state index is 0.0353. The molecule has 1 aromatic carbocycles. The average Bonchev–Trinajstić information content (AvgIpc) is 2.20. The normalized spacial score (nSPS) is 23.1. The summed E-state index contributed by atoms with van der Waals surface area (Å²) in [6.07, 6.45) is 1.70. The summed E-state index contributed by atoms with van der Waals surface area (Å²) >= 11 is 3.40. The lowest BCUT2D eigenvalue weighted by Crippen LogP contribution is -2.36. The van der Waals surface area contributed by atoms with Gasteiger partial charge in [0.25, 0.3) is 0 Å². The third-order valence-electron chi connectivity index (χ3n) is 2.87.